The Hall–Kier alpha value is -1.07. The van der Waals surface area contributed by atoms with Crippen LogP contribution in [0.4, 0.5) is 0 Å². The fraction of sp³-hybridized carbons (Fsp3) is 0.250. The highest BCUT2D eigenvalue weighted by atomic mass is 79.9. The van der Waals surface area contributed by atoms with Crippen LogP contribution in [0.2, 0.25) is 0 Å². The second-order valence-corrected chi connectivity index (χ2v) is 6.04. The van der Waals surface area contributed by atoms with Crippen molar-refractivity contribution in [3.63, 3.8) is 0 Å². The summed E-state index contributed by atoms with van der Waals surface area (Å²) in [6.07, 6.45) is 1.90. The smallest absolute Gasteiger partial charge is 0.279 e. The minimum atomic E-state index is 0.177. The molecule has 0 saturated heterocycles. The van der Waals surface area contributed by atoms with Crippen LogP contribution in [-0.2, 0) is 0 Å². The van der Waals surface area contributed by atoms with Crippen molar-refractivity contribution in [1.29, 1.82) is 0 Å². The topological polar surface area (TPSA) is 31.4 Å². The second-order valence-electron chi connectivity index (χ2n) is 3.67. The van der Waals surface area contributed by atoms with Crippen LogP contribution in [-0.4, -0.2) is 11.1 Å². The zero-order chi connectivity index (χ0) is 12.3. The third kappa shape index (κ3) is 3.71. The predicted octanol–water partition coefficient (Wildman–Crippen LogP) is 4.49. The highest BCUT2D eigenvalue weighted by molar-refractivity contribution is 9.11. The summed E-state index contributed by atoms with van der Waals surface area (Å²) in [6, 6.07) is 7.51. The summed E-state index contributed by atoms with van der Waals surface area (Å²) in [7, 11) is 0. The number of ether oxygens (including phenoxy) is 2. The summed E-state index contributed by atoms with van der Waals surface area (Å²) in [5.74, 6) is 1.59. The predicted molar refractivity (Wildman–Crippen MR) is 72.1 cm³/mol. The molecule has 0 bridgehead atoms. The SMILES string of the molecule is CC(C)Oc1ccc(Oc2ncc(Br)s2)cc1. The third-order valence-electron chi connectivity index (χ3n) is 1.86. The molecule has 1 aromatic carbocycles. The van der Waals surface area contributed by atoms with Gasteiger partial charge in [-0.1, -0.05) is 11.3 Å². The van der Waals surface area contributed by atoms with Crippen LogP contribution in [0.15, 0.2) is 34.2 Å². The number of aromatic nitrogens is 1. The molecular formula is C12H12BrNO2S. The van der Waals surface area contributed by atoms with Crippen molar-refractivity contribution in [3.05, 3.63) is 34.2 Å². The van der Waals surface area contributed by atoms with Crippen molar-refractivity contribution in [2.45, 2.75) is 20.0 Å². The van der Waals surface area contributed by atoms with Crippen LogP contribution in [0.5, 0.6) is 16.7 Å². The van der Waals surface area contributed by atoms with Gasteiger partial charge in [-0.2, -0.15) is 0 Å². The number of hydrogen-bond donors (Lipinski definition) is 0. The van der Waals surface area contributed by atoms with Gasteiger partial charge in [-0.25, -0.2) is 4.98 Å². The molecule has 0 amide bonds. The lowest BCUT2D eigenvalue weighted by Gasteiger charge is -2.09. The van der Waals surface area contributed by atoms with E-state index in [1.807, 2.05) is 38.1 Å². The van der Waals surface area contributed by atoms with Gasteiger partial charge in [0.25, 0.3) is 5.19 Å². The van der Waals surface area contributed by atoms with E-state index < -0.39 is 0 Å². The van der Waals surface area contributed by atoms with E-state index in [2.05, 4.69) is 20.9 Å². The monoisotopic (exact) mass is 313 g/mol. The highest BCUT2D eigenvalue weighted by Gasteiger charge is 2.03. The van der Waals surface area contributed by atoms with Crippen molar-refractivity contribution in [2.75, 3.05) is 0 Å². The van der Waals surface area contributed by atoms with Crippen LogP contribution in [0.25, 0.3) is 0 Å². The normalized spacial score (nSPS) is 10.6. The highest BCUT2D eigenvalue weighted by Crippen LogP contribution is 2.30. The molecule has 0 N–H and O–H groups in total. The first-order chi connectivity index (χ1) is 8.13. The fourth-order valence-corrected chi connectivity index (χ4v) is 2.28. The molecule has 3 nitrogen and oxygen atoms in total. The minimum Gasteiger partial charge on any atom is -0.491 e. The van der Waals surface area contributed by atoms with Crippen molar-refractivity contribution in [2.24, 2.45) is 0 Å². The second kappa shape index (κ2) is 5.51. The Morgan fingerprint density at radius 2 is 1.82 bits per heavy atom. The van der Waals surface area contributed by atoms with Gasteiger partial charge in [0.1, 0.15) is 11.5 Å². The number of rotatable bonds is 4. The van der Waals surface area contributed by atoms with Crippen LogP contribution in [0.1, 0.15) is 13.8 Å². The summed E-state index contributed by atoms with van der Waals surface area (Å²) < 4.78 is 12.1. The van der Waals surface area contributed by atoms with E-state index in [0.717, 1.165) is 15.3 Å². The Morgan fingerprint density at radius 1 is 1.18 bits per heavy atom. The first kappa shape index (κ1) is 12.4. The number of halogens is 1. The maximum Gasteiger partial charge on any atom is 0.279 e. The molecule has 1 heterocycles. The standard InChI is InChI=1S/C12H12BrNO2S/c1-8(2)15-9-3-5-10(6-4-9)16-12-14-7-11(13)17-12/h3-8H,1-2H3. The van der Waals surface area contributed by atoms with Crippen molar-refractivity contribution in [3.8, 4) is 16.7 Å². The lowest BCUT2D eigenvalue weighted by Crippen LogP contribution is -2.05. The van der Waals surface area contributed by atoms with E-state index in [4.69, 9.17) is 9.47 Å². The quantitative estimate of drug-likeness (QED) is 0.833. The van der Waals surface area contributed by atoms with Gasteiger partial charge in [-0.15, -0.1) is 0 Å². The third-order valence-corrected chi connectivity index (χ3v) is 3.21. The van der Waals surface area contributed by atoms with Crippen LogP contribution < -0.4 is 9.47 Å². The Kier molecular flexibility index (Phi) is 4.02. The molecule has 0 aliphatic heterocycles. The van der Waals surface area contributed by atoms with E-state index in [1.54, 1.807) is 6.20 Å². The zero-order valence-corrected chi connectivity index (χ0v) is 11.9. The van der Waals surface area contributed by atoms with Gasteiger partial charge < -0.3 is 9.47 Å². The molecule has 1 aromatic heterocycles. The van der Waals surface area contributed by atoms with Crippen LogP contribution in [0, 0.1) is 0 Å². The molecule has 17 heavy (non-hydrogen) atoms. The molecule has 0 unspecified atom stereocenters. The van der Waals surface area contributed by atoms with Gasteiger partial charge in [0.2, 0.25) is 0 Å². The van der Waals surface area contributed by atoms with Gasteiger partial charge in [0.05, 0.1) is 16.1 Å². The molecule has 0 aliphatic carbocycles. The molecule has 90 valence electrons. The summed E-state index contributed by atoms with van der Waals surface area (Å²) >= 11 is 4.79. The molecule has 0 radical (unpaired) electrons. The average molecular weight is 314 g/mol. The Bertz CT molecular complexity index is 482. The molecule has 2 rings (SSSR count). The first-order valence-electron chi connectivity index (χ1n) is 5.19. The maximum absolute atomic E-state index is 5.58. The minimum absolute atomic E-state index is 0.177. The number of hydrogen-bond acceptors (Lipinski definition) is 4. The summed E-state index contributed by atoms with van der Waals surface area (Å²) in [4.78, 5) is 4.10. The molecular weight excluding hydrogens is 302 g/mol. The zero-order valence-electron chi connectivity index (χ0n) is 9.51. The van der Waals surface area contributed by atoms with E-state index in [1.165, 1.54) is 11.3 Å². The summed E-state index contributed by atoms with van der Waals surface area (Å²) in [5, 5.41) is 0.620. The van der Waals surface area contributed by atoms with Gasteiger partial charge in [-0.3, -0.25) is 0 Å². The van der Waals surface area contributed by atoms with E-state index in [-0.39, 0.29) is 6.10 Å². The van der Waals surface area contributed by atoms with Crippen LogP contribution >= 0.6 is 27.3 Å². The molecule has 0 saturated carbocycles. The molecule has 0 atom stereocenters. The Morgan fingerprint density at radius 3 is 2.35 bits per heavy atom. The number of nitrogens with zero attached hydrogens (tertiary/aromatic N) is 1. The van der Waals surface area contributed by atoms with Gasteiger partial charge in [-0.05, 0) is 54.0 Å². The number of benzene rings is 1. The average Bonchev–Trinajstić information content (AvgIpc) is 2.66. The lowest BCUT2D eigenvalue weighted by molar-refractivity contribution is 0.242. The molecule has 5 heteroatoms. The van der Waals surface area contributed by atoms with Crippen molar-refractivity contribution < 1.29 is 9.47 Å². The largest absolute Gasteiger partial charge is 0.491 e. The van der Waals surface area contributed by atoms with E-state index in [0.29, 0.717) is 5.19 Å². The summed E-state index contributed by atoms with van der Waals surface area (Å²) in [5.41, 5.74) is 0. The van der Waals surface area contributed by atoms with Gasteiger partial charge in [0, 0.05) is 0 Å². The van der Waals surface area contributed by atoms with Crippen molar-refractivity contribution in [1.82, 2.24) is 4.98 Å². The fourth-order valence-electron chi connectivity index (χ4n) is 1.25. The molecule has 0 spiro atoms. The molecule has 0 aliphatic rings. The maximum atomic E-state index is 5.58. The molecule has 2 aromatic rings. The van der Waals surface area contributed by atoms with E-state index >= 15 is 0 Å². The van der Waals surface area contributed by atoms with Gasteiger partial charge >= 0.3 is 0 Å². The first-order valence-corrected chi connectivity index (χ1v) is 6.80. The summed E-state index contributed by atoms with van der Waals surface area (Å²) in [6.45, 7) is 4.00. The van der Waals surface area contributed by atoms with Crippen LogP contribution in [0.3, 0.4) is 0 Å². The molecule has 0 fully saturated rings. The van der Waals surface area contributed by atoms with E-state index in [9.17, 15) is 0 Å². The Balaban J connectivity index is 2.03. The van der Waals surface area contributed by atoms with Gasteiger partial charge in [0.15, 0.2) is 0 Å². The lowest BCUT2D eigenvalue weighted by atomic mass is 10.3. The Labute approximate surface area is 113 Å². The number of thiazole rings is 1. The van der Waals surface area contributed by atoms with Crippen molar-refractivity contribution >= 4 is 27.3 Å².